The van der Waals surface area contributed by atoms with Gasteiger partial charge in [0.25, 0.3) is 5.91 Å². The normalized spacial score (nSPS) is 17.4. The standard InChI is InChI=1S/C20H22N4O2/c1-2-14-11-21-22-18(14)16-9-6-10-24(12-16)20(25)17-13-26-23-19(17)15-7-4-3-5-8-15/h3-5,7-8,11,13,16H,2,6,9-10,12H2,1H3,(H,21,22)/t16-/m0/s1. The summed E-state index contributed by atoms with van der Waals surface area (Å²) in [4.78, 5) is 15.0. The Balaban J connectivity index is 1.57. The van der Waals surface area contributed by atoms with Gasteiger partial charge in [-0.2, -0.15) is 5.10 Å². The number of aryl methyl sites for hydroxylation is 1. The summed E-state index contributed by atoms with van der Waals surface area (Å²) in [5.41, 5.74) is 4.42. The Bertz CT molecular complexity index is 884. The number of likely N-dealkylation sites (tertiary alicyclic amines) is 1. The first-order valence-corrected chi connectivity index (χ1v) is 9.09. The van der Waals surface area contributed by atoms with E-state index in [1.54, 1.807) is 0 Å². The van der Waals surface area contributed by atoms with Gasteiger partial charge in [-0.25, -0.2) is 0 Å². The minimum Gasteiger partial charge on any atom is -0.363 e. The van der Waals surface area contributed by atoms with Gasteiger partial charge in [-0.3, -0.25) is 9.89 Å². The van der Waals surface area contributed by atoms with Gasteiger partial charge in [0.15, 0.2) is 0 Å². The van der Waals surface area contributed by atoms with Gasteiger partial charge in [0.05, 0.1) is 6.20 Å². The minimum atomic E-state index is -0.0210. The van der Waals surface area contributed by atoms with Gasteiger partial charge in [0.1, 0.15) is 17.5 Å². The molecule has 1 aliphatic rings. The summed E-state index contributed by atoms with van der Waals surface area (Å²) in [6.45, 7) is 3.57. The van der Waals surface area contributed by atoms with E-state index in [2.05, 4.69) is 22.3 Å². The molecule has 6 nitrogen and oxygen atoms in total. The highest BCUT2D eigenvalue weighted by Gasteiger charge is 2.30. The Morgan fingerprint density at radius 1 is 1.35 bits per heavy atom. The van der Waals surface area contributed by atoms with Crippen molar-refractivity contribution in [3.05, 3.63) is 59.6 Å². The molecule has 26 heavy (non-hydrogen) atoms. The van der Waals surface area contributed by atoms with Crippen LogP contribution in [-0.4, -0.2) is 39.3 Å². The number of hydrogen-bond acceptors (Lipinski definition) is 4. The van der Waals surface area contributed by atoms with Crippen molar-refractivity contribution in [1.82, 2.24) is 20.3 Å². The molecule has 134 valence electrons. The van der Waals surface area contributed by atoms with E-state index < -0.39 is 0 Å². The second-order valence-electron chi connectivity index (χ2n) is 6.70. The second-order valence-corrected chi connectivity index (χ2v) is 6.70. The molecule has 2 aromatic heterocycles. The van der Waals surface area contributed by atoms with E-state index in [9.17, 15) is 4.79 Å². The molecule has 0 unspecified atom stereocenters. The molecule has 3 aromatic rings. The molecule has 1 amide bonds. The van der Waals surface area contributed by atoms with E-state index in [0.717, 1.165) is 31.4 Å². The third-order valence-corrected chi connectivity index (χ3v) is 5.10. The number of aromatic nitrogens is 3. The van der Waals surface area contributed by atoms with Crippen LogP contribution in [0.4, 0.5) is 0 Å². The first-order valence-electron chi connectivity index (χ1n) is 9.09. The Morgan fingerprint density at radius 3 is 3.00 bits per heavy atom. The fraction of sp³-hybridized carbons (Fsp3) is 0.350. The largest absolute Gasteiger partial charge is 0.363 e. The molecule has 1 aliphatic heterocycles. The van der Waals surface area contributed by atoms with Crippen molar-refractivity contribution in [2.24, 2.45) is 0 Å². The van der Waals surface area contributed by atoms with Crippen molar-refractivity contribution < 1.29 is 9.32 Å². The third-order valence-electron chi connectivity index (χ3n) is 5.10. The number of rotatable bonds is 4. The molecule has 6 heteroatoms. The smallest absolute Gasteiger partial charge is 0.259 e. The number of nitrogens with one attached hydrogen (secondary N) is 1. The van der Waals surface area contributed by atoms with Crippen LogP contribution in [0.2, 0.25) is 0 Å². The summed E-state index contributed by atoms with van der Waals surface area (Å²) in [6, 6.07) is 9.67. The van der Waals surface area contributed by atoms with Gasteiger partial charge < -0.3 is 9.42 Å². The SMILES string of the molecule is CCc1cn[nH]c1[C@H]1CCCN(C(=O)c2conc2-c2ccccc2)C1. The highest BCUT2D eigenvalue weighted by Crippen LogP contribution is 2.30. The first-order chi connectivity index (χ1) is 12.8. The monoisotopic (exact) mass is 350 g/mol. The molecule has 0 radical (unpaired) electrons. The van der Waals surface area contributed by atoms with Crippen molar-refractivity contribution in [3.63, 3.8) is 0 Å². The molecule has 3 heterocycles. The lowest BCUT2D eigenvalue weighted by Crippen LogP contribution is -2.39. The topological polar surface area (TPSA) is 75.0 Å². The average molecular weight is 350 g/mol. The molecule has 0 saturated carbocycles. The zero-order valence-corrected chi connectivity index (χ0v) is 14.8. The summed E-state index contributed by atoms with van der Waals surface area (Å²) >= 11 is 0. The van der Waals surface area contributed by atoms with Crippen LogP contribution in [0.3, 0.4) is 0 Å². The van der Waals surface area contributed by atoms with Gasteiger partial charge in [0, 0.05) is 30.3 Å². The number of H-pyrrole nitrogens is 1. The molecule has 0 spiro atoms. The number of amides is 1. The van der Waals surface area contributed by atoms with Crippen molar-refractivity contribution >= 4 is 5.91 Å². The van der Waals surface area contributed by atoms with Crippen LogP contribution >= 0.6 is 0 Å². The Morgan fingerprint density at radius 2 is 2.19 bits per heavy atom. The zero-order valence-electron chi connectivity index (χ0n) is 14.8. The number of aromatic amines is 1. The highest BCUT2D eigenvalue weighted by atomic mass is 16.5. The molecular formula is C20H22N4O2. The quantitative estimate of drug-likeness (QED) is 0.779. The summed E-state index contributed by atoms with van der Waals surface area (Å²) in [5, 5.41) is 11.4. The van der Waals surface area contributed by atoms with E-state index in [0.29, 0.717) is 23.7 Å². The van der Waals surface area contributed by atoms with Crippen LogP contribution in [0.25, 0.3) is 11.3 Å². The van der Waals surface area contributed by atoms with Crippen LogP contribution < -0.4 is 0 Å². The van der Waals surface area contributed by atoms with E-state index in [-0.39, 0.29) is 5.91 Å². The predicted molar refractivity (Wildman–Crippen MR) is 97.8 cm³/mol. The lowest BCUT2D eigenvalue weighted by atomic mass is 9.91. The maximum Gasteiger partial charge on any atom is 0.259 e. The summed E-state index contributed by atoms with van der Waals surface area (Å²) < 4.78 is 5.13. The summed E-state index contributed by atoms with van der Waals surface area (Å²) in [7, 11) is 0. The van der Waals surface area contributed by atoms with Crippen LogP contribution in [0, 0.1) is 0 Å². The Hall–Kier alpha value is -2.89. The maximum atomic E-state index is 13.1. The number of benzene rings is 1. The van der Waals surface area contributed by atoms with Gasteiger partial charge in [0.2, 0.25) is 0 Å². The van der Waals surface area contributed by atoms with Gasteiger partial charge >= 0.3 is 0 Å². The number of nitrogens with zero attached hydrogens (tertiary/aromatic N) is 3. The molecule has 1 saturated heterocycles. The predicted octanol–water partition coefficient (Wildman–Crippen LogP) is 3.65. The lowest BCUT2D eigenvalue weighted by Gasteiger charge is -2.32. The van der Waals surface area contributed by atoms with Crippen LogP contribution in [0.15, 0.2) is 47.3 Å². The van der Waals surface area contributed by atoms with Gasteiger partial charge in [-0.05, 0) is 24.8 Å². The minimum absolute atomic E-state index is 0.0210. The van der Waals surface area contributed by atoms with Crippen molar-refractivity contribution in [3.8, 4) is 11.3 Å². The lowest BCUT2D eigenvalue weighted by molar-refractivity contribution is 0.0705. The second kappa shape index (κ2) is 7.15. The summed E-state index contributed by atoms with van der Waals surface area (Å²) in [6.07, 6.45) is 6.34. The molecular weight excluding hydrogens is 328 g/mol. The molecule has 0 aliphatic carbocycles. The highest BCUT2D eigenvalue weighted by molar-refractivity contribution is 5.99. The van der Waals surface area contributed by atoms with Crippen LogP contribution in [-0.2, 0) is 6.42 Å². The van der Waals surface area contributed by atoms with Gasteiger partial charge in [-0.15, -0.1) is 0 Å². The fourth-order valence-electron chi connectivity index (χ4n) is 3.72. The van der Waals surface area contributed by atoms with Crippen molar-refractivity contribution in [1.29, 1.82) is 0 Å². The maximum absolute atomic E-state index is 13.1. The molecule has 1 aromatic carbocycles. The number of hydrogen-bond donors (Lipinski definition) is 1. The molecule has 1 atom stereocenters. The van der Waals surface area contributed by atoms with Crippen LogP contribution in [0.1, 0.15) is 47.3 Å². The zero-order chi connectivity index (χ0) is 17.9. The van der Waals surface area contributed by atoms with E-state index >= 15 is 0 Å². The molecule has 1 fully saturated rings. The fourth-order valence-corrected chi connectivity index (χ4v) is 3.72. The van der Waals surface area contributed by atoms with Crippen molar-refractivity contribution in [2.75, 3.05) is 13.1 Å². The summed E-state index contributed by atoms with van der Waals surface area (Å²) in [5.74, 6) is 0.276. The molecule has 0 bridgehead atoms. The number of carbonyl (C=O) groups excluding carboxylic acids is 1. The van der Waals surface area contributed by atoms with E-state index in [4.69, 9.17) is 4.52 Å². The first kappa shape index (κ1) is 16.6. The molecule has 4 rings (SSSR count). The number of carbonyl (C=O) groups is 1. The molecule has 1 N–H and O–H groups in total. The van der Waals surface area contributed by atoms with Crippen LogP contribution in [0.5, 0.6) is 0 Å². The van der Waals surface area contributed by atoms with Crippen molar-refractivity contribution in [2.45, 2.75) is 32.1 Å². The van der Waals surface area contributed by atoms with E-state index in [1.807, 2.05) is 41.4 Å². The van der Waals surface area contributed by atoms with Gasteiger partial charge in [-0.1, -0.05) is 42.4 Å². The average Bonchev–Trinajstić information content (AvgIpc) is 3.37. The third kappa shape index (κ3) is 3.03. The Labute approximate surface area is 152 Å². The Kier molecular flexibility index (Phi) is 4.56. The van der Waals surface area contributed by atoms with E-state index in [1.165, 1.54) is 17.5 Å². The number of piperidine rings is 1.